The first kappa shape index (κ1) is 23.4. The predicted octanol–water partition coefficient (Wildman–Crippen LogP) is 5.13. The Bertz CT molecular complexity index is 138. The highest BCUT2D eigenvalue weighted by molar-refractivity contribution is 4.59. The van der Waals surface area contributed by atoms with Crippen LogP contribution in [0.1, 0.15) is 20.3 Å². The van der Waals surface area contributed by atoms with Gasteiger partial charge >= 0.3 is 0 Å². The fourth-order valence-electron chi connectivity index (χ4n) is 0.220. The van der Waals surface area contributed by atoms with E-state index in [9.17, 15) is 43.9 Å². The van der Waals surface area contributed by atoms with E-state index in [0.717, 1.165) is 0 Å². The van der Waals surface area contributed by atoms with Crippen molar-refractivity contribution in [3.8, 4) is 0 Å². The SMILES string of the molecule is CCC.FC(F)C(F)C(F)F.FC(F)C(F)C(F)F. The Morgan fingerprint density at radius 2 is 0.579 bits per heavy atom. The second kappa shape index (κ2) is 13.7. The molecule has 0 fully saturated rings. The van der Waals surface area contributed by atoms with Gasteiger partial charge in [-0.05, 0) is 0 Å². The monoisotopic (exact) mass is 312 g/mol. The summed E-state index contributed by atoms with van der Waals surface area (Å²) in [7, 11) is 0. The molecule has 0 rings (SSSR count). The molecule has 0 saturated heterocycles. The smallest absolute Gasteiger partial charge is 0.235 e. The zero-order valence-corrected chi connectivity index (χ0v) is 9.95. The van der Waals surface area contributed by atoms with Crippen LogP contribution in [0.2, 0.25) is 0 Å². The number of alkyl halides is 10. The largest absolute Gasteiger partial charge is 0.275 e. The van der Waals surface area contributed by atoms with Gasteiger partial charge in [0.1, 0.15) is 0 Å². The summed E-state index contributed by atoms with van der Waals surface area (Å²) in [5.41, 5.74) is 0. The molecule has 0 saturated carbocycles. The summed E-state index contributed by atoms with van der Waals surface area (Å²) >= 11 is 0. The highest BCUT2D eigenvalue weighted by Crippen LogP contribution is 2.13. The fraction of sp³-hybridized carbons (Fsp3) is 1.00. The number of rotatable bonds is 4. The summed E-state index contributed by atoms with van der Waals surface area (Å²) in [4.78, 5) is 0. The van der Waals surface area contributed by atoms with Gasteiger partial charge in [-0.2, -0.15) is 0 Å². The van der Waals surface area contributed by atoms with Crippen molar-refractivity contribution in [1.82, 2.24) is 0 Å². The highest BCUT2D eigenvalue weighted by atomic mass is 19.3. The molecule has 0 aromatic carbocycles. The Kier molecular flexibility index (Phi) is 16.9. The summed E-state index contributed by atoms with van der Waals surface area (Å²) in [6, 6.07) is 0. The lowest BCUT2D eigenvalue weighted by Crippen LogP contribution is -2.20. The summed E-state index contributed by atoms with van der Waals surface area (Å²) in [6.07, 6.45) is -19.6. The number of hydrogen-bond donors (Lipinski definition) is 0. The predicted molar refractivity (Wildman–Crippen MR) is 49.8 cm³/mol. The molecule has 0 unspecified atom stereocenters. The zero-order chi connectivity index (χ0) is 16.2. The third kappa shape index (κ3) is 17.3. The van der Waals surface area contributed by atoms with Crippen LogP contribution in [0.25, 0.3) is 0 Å². The van der Waals surface area contributed by atoms with Crippen molar-refractivity contribution >= 4 is 0 Å². The molecule has 19 heavy (non-hydrogen) atoms. The standard InChI is InChI=1S/2C3H3F5.C3H8/c2*4-1(2(5)6)3(7)8;1-3-2/h2*1-3H;3H2,1-2H3. The van der Waals surface area contributed by atoms with Crippen LogP contribution in [-0.2, 0) is 0 Å². The van der Waals surface area contributed by atoms with E-state index in [2.05, 4.69) is 13.8 Å². The van der Waals surface area contributed by atoms with Crippen LogP contribution in [-0.4, -0.2) is 38.0 Å². The van der Waals surface area contributed by atoms with Gasteiger partial charge in [-0.25, -0.2) is 43.9 Å². The van der Waals surface area contributed by atoms with Crippen molar-refractivity contribution < 1.29 is 43.9 Å². The first-order valence-electron chi connectivity index (χ1n) is 4.93. The van der Waals surface area contributed by atoms with Crippen molar-refractivity contribution in [1.29, 1.82) is 0 Å². The van der Waals surface area contributed by atoms with Crippen LogP contribution in [0, 0.1) is 0 Å². The van der Waals surface area contributed by atoms with Gasteiger partial charge in [0.25, 0.3) is 25.7 Å². The van der Waals surface area contributed by atoms with Crippen molar-refractivity contribution in [2.75, 3.05) is 0 Å². The van der Waals surface area contributed by atoms with Crippen LogP contribution < -0.4 is 0 Å². The molecule has 0 aliphatic rings. The highest BCUT2D eigenvalue weighted by Gasteiger charge is 2.29. The Morgan fingerprint density at radius 1 is 0.474 bits per heavy atom. The molecule has 0 aliphatic carbocycles. The maximum Gasteiger partial charge on any atom is 0.275 e. The second-order valence-electron chi connectivity index (χ2n) is 2.93. The average molecular weight is 312 g/mol. The molecule has 0 nitrogen and oxygen atoms in total. The molecule has 10 heteroatoms. The van der Waals surface area contributed by atoms with E-state index in [-0.39, 0.29) is 0 Å². The Morgan fingerprint density at radius 3 is 0.579 bits per heavy atom. The molecular formula is C9H14F10. The van der Waals surface area contributed by atoms with Crippen molar-refractivity contribution in [2.24, 2.45) is 0 Å². The molecule has 0 aliphatic heterocycles. The number of halogens is 10. The van der Waals surface area contributed by atoms with Crippen LogP contribution in [0.3, 0.4) is 0 Å². The average Bonchev–Trinajstić information content (AvgIpc) is 2.28. The molecule has 0 N–H and O–H groups in total. The van der Waals surface area contributed by atoms with E-state index in [1.807, 2.05) is 0 Å². The summed E-state index contributed by atoms with van der Waals surface area (Å²) in [6.45, 7) is 4.25. The third-order valence-electron chi connectivity index (χ3n) is 0.963. The lowest BCUT2D eigenvalue weighted by Gasteiger charge is -2.02. The van der Waals surface area contributed by atoms with Gasteiger partial charge in [-0.15, -0.1) is 0 Å². The van der Waals surface area contributed by atoms with Gasteiger partial charge < -0.3 is 0 Å². The lowest BCUT2D eigenvalue weighted by molar-refractivity contribution is -0.0460. The summed E-state index contributed by atoms with van der Waals surface area (Å²) in [5, 5.41) is 0. The van der Waals surface area contributed by atoms with E-state index >= 15 is 0 Å². The molecule has 0 spiro atoms. The van der Waals surface area contributed by atoms with Gasteiger partial charge in [0, 0.05) is 0 Å². The Balaban J connectivity index is -0.000000224. The lowest BCUT2D eigenvalue weighted by atomic mass is 10.4. The van der Waals surface area contributed by atoms with Crippen LogP contribution >= 0.6 is 0 Å². The minimum atomic E-state index is -3.57. The maximum atomic E-state index is 11.1. The van der Waals surface area contributed by atoms with Crippen molar-refractivity contribution in [3.05, 3.63) is 0 Å². The van der Waals surface area contributed by atoms with E-state index < -0.39 is 38.0 Å². The van der Waals surface area contributed by atoms with Gasteiger partial charge in [0.2, 0.25) is 12.3 Å². The second-order valence-corrected chi connectivity index (χ2v) is 2.93. The third-order valence-corrected chi connectivity index (χ3v) is 0.963. The zero-order valence-electron chi connectivity index (χ0n) is 9.95. The molecule has 0 atom stereocenters. The summed E-state index contributed by atoms with van der Waals surface area (Å²) in [5.74, 6) is 0. The van der Waals surface area contributed by atoms with E-state index in [1.165, 1.54) is 6.42 Å². The van der Waals surface area contributed by atoms with E-state index in [4.69, 9.17) is 0 Å². The van der Waals surface area contributed by atoms with Gasteiger partial charge in [0.15, 0.2) is 0 Å². The Hall–Kier alpha value is -0.700. The minimum absolute atomic E-state index is 1.25. The molecular weight excluding hydrogens is 298 g/mol. The Labute approximate surface area is 103 Å². The number of hydrogen-bond acceptors (Lipinski definition) is 0. The van der Waals surface area contributed by atoms with Crippen LogP contribution in [0.15, 0.2) is 0 Å². The van der Waals surface area contributed by atoms with E-state index in [1.54, 1.807) is 0 Å². The molecule has 120 valence electrons. The first-order valence-corrected chi connectivity index (χ1v) is 4.93. The molecule has 0 radical (unpaired) electrons. The normalized spacial score (nSPS) is 11.1. The van der Waals surface area contributed by atoms with Gasteiger partial charge in [-0.3, -0.25) is 0 Å². The van der Waals surface area contributed by atoms with Crippen LogP contribution in [0.5, 0.6) is 0 Å². The maximum absolute atomic E-state index is 11.1. The molecule has 0 amide bonds. The van der Waals surface area contributed by atoms with Gasteiger partial charge in [-0.1, -0.05) is 20.3 Å². The molecule has 0 bridgehead atoms. The van der Waals surface area contributed by atoms with Crippen molar-refractivity contribution in [3.63, 3.8) is 0 Å². The fourth-order valence-corrected chi connectivity index (χ4v) is 0.220. The first-order chi connectivity index (χ1) is 8.52. The minimum Gasteiger partial charge on any atom is -0.235 e. The van der Waals surface area contributed by atoms with Gasteiger partial charge in [0.05, 0.1) is 0 Å². The summed E-state index contributed by atoms with van der Waals surface area (Å²) < 4.78 is 109. The topological polar surface area (TPSA) is 0 Å². The quantitative estimate of drug-likeness (QED) is 0.632. The molecule has 0 aromatic rings. The molecule has 0 aromatic heterocycles. The van der Waals surface area contributed by atoms with E-state index in [0.29, 0.717) is 0 Å². The molecule has 0 heterocycles. The van der Waals surface area contributed by atoms with Crippen LogP contribution in [0.4, 0.5) is 43.9 Å². The van der Waals surface area contributed by atoms with Crippen molar-refractivity contribution in [2.45, 2.75) is 58.3 Å².